The largest absolute Gasteiger partial charge is 0.444 e. The van der Waals surface area contributed by atoms with E-state index in [0.29, 0.717) is 6.54 Å². The smallest absolute Gasteiger partial charge is 0.411 e. The monoisotopic (exact) mass is 340 g/mol. The molecule has 0 unspecified atom stereocenters. The Hall–Kier alpha value is -1.02. The van der Waals surface area contributed by atoms with Crippen molar-refractivity contribution >= 4 is 6.09 Å². The maximum Gasteiger partial charge on any atom is 0.411 e. The van der Waals surface area contributed by atoms with Gasteiger partial charge in [0.15, 0.2) is 0 Å². The molecule has 1 aliphatic rings. The normalized spacial score (nSPS) is 22.7. The molecule has 136 valence electrons. The molecule has 0 aliphatic heterocycles. The van der Waals surface area contributed by atoms with E-state index in [2.05, 4.69) is 15.4 Å². The third-order valence-corrected chi connectivity index (χ3v) is 3.39. The van der Waals surface area contributed by atoms with Crippen LogP contribution in [0.4, 0.5) is 18.0 Å². The van der Waals surface area contributed by atoms with Crippen LogP contribution in [0, 0.1) is 0 Å². The highest BCUT2D eigenvalue weighted by atomic mass is 19.4. The Labute approximate surface area is 135 Å². The van der Waals surface area contributed by atoms with Crippen LogP contribution in [0.2, 0.25) is 0 Å². The summed E-state index contributed by atoms with van der Waals surface area (Å²) in [6, 6.07) is 0.338. The second kappa shape index (κ2) is 8.73. The van der Waals surface area contributed by atoms with Crippen LogP contribution in [0.3, 0.4) is 0 Å². The number of amides is 1. The Morgan fingerprint density at radius 1 is 1.09 bits per heavy atom. The van der Waals surface area contributed by atoms with Crippen molar-refractivity contribution in [1.29, 1.82) is 0 Å². The van der Waals surface area contributed by atoms with Gasteiger partial charge in [-0.3, -0.25) is 0 Å². The first-order valence-corrected chi connectivity index (χ1v) is 7.92. The van der Waals surface area contributed by atoms with Gasteiger partial charge in [-0.1, -0.05) is 0 Å². The molecule has 0 aromatic heterocycles. The van der Waals surface area contributed by atoms with E-state index in [-0.39, 0.29) is 18.7 Å². The van der Waals surface area contributed by atoms with E-state index < -0.39 is 24.5 Å². The molecule has 0 heterocycles. The van der Waals surface area contributed by atoms with Gasteiger partial charge < -0.3 is 20.1 Å². The standard InChI is InChI=1S/C15H27F3N2O3/c1-14(2,3)23-13(21)20-12-6-4-11(5-7-12)19-8-9-22-10-15(16,17)18/h11-12,19H,4-10H2,1-3H3,(H,20,21). The molecule has 0 saturated heterocycles. The average molecular weight is 340 g/mol. The summed E-state index contributed by atoms with van der Waals surface area (Å²) in [4.78, 5) is 11.7. The third kappa shape index (κ3) is 10.4. The van der Waals surface area contributed by atoms with E-state index >= 15 is 0 Å². The number of carbonyl (C=O) groups excluding carboxylic acids is 1. The van der Waals surface area contributed by atoms with Crippen molar-refractivity contribution in [2.75, 3.05) is 19.8 Å². The van der Waals surface area contributed by atoms with Gasteiger partial charge >= 0.3 is 12.3 Å². The summed E-state index contributed by atoms with van der Waals surface area (Å²) in [6.45, 7) is 4.67. The molecule has 0 atom stereocenters. The minimum atomic E-state index is -4.27. The summed E-state index contributed by atoms with van der Waals surface area (Å²) in [7, 11) is 0. The van der Waals surface area contributed by atoms with Crippen molar-refractivity contribution in [2.24, 2.45) is 0 Å². The Bertz CT molecular complexity index is 362. The minimum Gasteiger partial charge on any atom is -0.444 e. The third-order valence-electron chi connectivity index (χ3n) is 3.39. The zero-order valence-corrected chi connectivity index (χ0v) is 14.0. The molecular weight excluding hydrogens is 313 g/mol. The van der Waals surface area contributed by atoms with Gasteiger partial charge in [0.25, 0.3) is 0 Å². The van der Waals surface area contributed by atoms with Gasteiger partial charge in [-0.15, -0.1) is 0 Å². The molecule has 0 radical (unpaired) electrons. The number of alkyl carbamates (subject to hydrolysis) is 1. The summed E-state index contributed by atoms with van der Waals surface area (Å²) < 4.78 is 45.5. The molecule has 1 saturated carbocycles. The van der Waals surface area contributed by atoms with E-state index in [0.717, 1.165) is 25.7 Å². The predicted octanol–water partition coefficient (Wildman–Crippen LogP) is 2.99. The number of carbonyl (C=O) groups is 1. The fourth-order valence-electron chi connectivity index (χ4n) is 2.44. The summed E-state index contributed by atoms with van der Waals surface area (Å²) >= 11 is 0. The molecule has 0 aromatic carbocycles. The molecule has 8 heteroatoms. The van der Waals surface area contributed by atoms with Crippen molar-refractivity contribution < 1.29 is 27.4 Å². The first-order valence-electron chi connectivity index (χ1n) is 7.92. The van der Waals surface area contributed by atoms with E-state index in [9.17, 15) is 18.0 Å². The number of alkyl halides is 3. The molecule has 2 N–H and O–H groups in total. The van der Waals surface area contributed by atoms with Crippen LogP contribution in [-0.2, 0) is 9.47 Å². The summed E-state index contributed by atoms with van der Waals surface area (Å²) in [5.74, 6) is 0. The second-order valence-corrected chi connectivity index (χ2v) is 6.82. The summed E-state index contributed by atoms with van der Waals surface area (Å²) in [5.41, 5.74) is -0.515. The summed E-state index contributed by atoms with van der Waals surface area (Å²) in [5, 5.41) is 6.03. The topological polar surface area (TPSA) is 59.6 Å². The SMILES string of the molecule is CC(C)(C)OC(=O)NC1CCC(NCCOCC(F)(F)F)CC1. The van der Waals surface area contributed by atoms with Gasteiger partial charge in [-0.2, -0.15) is 13.2 Å². The van der Waals surface area contributed by atoms with Crippen molar-refractivity contribution in [3.63, 3.8) is 0 Å². The fraction of sp³-hybridized carbons (Fsp3) is 0.933. The van der Waals surface area contributed by atoms with Gasteiger partial charge in [0.2, 0.25) is 0 Å². The van der Waals surface area contributed by atoms with Gasteiger partial charge in [0.05, 0.1) is 6.61 Å². The van der Waals surface area contributed by atoms with Crippen molar-refractivity contribution in [1.82, 2.24) is 10.6 Å². The summed E-state index contributed by atoms with van der Waals surface area (Å²) in [6.07, 6.45) is -1.32. The fourth-order valence-corrected chi connectivity index (χ4v) is 2.44. The average Bonchev–Trinajstić information content (AvgIpc) is 2.36. The predicted molar refractivity (Wildman–Crippen MR) is 80.3 cm³/mol. The molecule has 0 spiro atoms. The molecule has 23 heavy (non-hydrogen) atoms. The van der Waals surface area contributed by atoms with Crippen LogP contribution < -0.4 is 10.6 Å². The second-order valence-electron chi connectivity index (χ2n) is 6.82. The zero-order valence-electron chi connectivity index (χ0n) is 14.0. The number of ether oxygens (including phenoxy) is 2. The van der Waals surface area contributed by atoms with Crippen LogP contribution in [-0.4, -0.2) is 49.7 Å². The minimum absolute atomic E-state index is 0.0373. The molecular formula is C15H27F3N2O3. The molecule has 0 bridgehead atoms. The number of halogens is 3. The number of hydrogen-bond donors (Lipinski definition) is 2. The van der Waals surface area contributed by atoms with Gasteiger partial charge in [-0.25, -0.2) is 4.79 Å². The van der Waals surface area contributed by atoms with E-state index in [4.69, 9.17) is 4.74 Å². The van der Waals surface area contributed by atoms with Crippen LogP contribution in [0.1, 0.15) is 46.5 Å². The molecule has 1 fully saturated rings. The highest BCUT2D eigenvalue weighted by Gasteiger charge is 2.27. The van der Waals surface area contributed by atoms with Crippen molar-refractivity contribution in [2.45, 2.75) is 70.3 Å². The molecule has 5 nitrogen and oxygen atoms in total. The molecule has 1 rings (SSSR count). The Balaban J connectivity index is 2.10. The molecule has 1 amide bonds. The lowest BCUT2D eigenvalue weighted by molar-refractivity contribution is -0.173. The lowest BCUT2D eigenvalue weighted by Gasteiger charge is -2.30. The van der Waals surface area contributed by atoms with Crippen molar-refractivity contribution in [3.8, 4) is 0 Å². The van der Waals surface area contributed by atoms with Gasteiger partial charge in [-0.05, 0) is 46.5 Å². The van der Waals surface area contributed by atoms with Crippen molar-refractivity contribution in [3.05, 3.63) is 0 Å². The number of rotatable bonds is 6. The molecule has 1 aliphatic carbocycles. The van der Waals surface area contributed by atoms with Crippen LogP contribution >= 0.6 is 0 Å². The zero-order chi connectivity index (χ0) is 17.5. The van der Waals surface area contributed by atoms with Crippen LogP contribution in [0.15, 0.2) is 0 Å². The van der Waals surface area contributed by atoms with Gasteiger partial charge in [0.1, 0.15) is 12.2 Å². The lowest BCUT2D eigenvalue weighted by atomic mass is 9.91. The molecule has 0 aromatic rings. The van der Waals surface area contributed by atoms with E-state index in [1.54, 1.807) is 0 Å². The maximum absolute atomic E-state index is 11.9. The maximum atomic E-state index is 11.9. The Kier molecular flexibility index (Phi) is 7.60. The first-order chi connectivity index (χ1) is 10.6. The van der Waals surface area contributed by atoms with E-state index in [1.807, 2.05) is 20.8 Å². The van der Waals surface area contributed by atoms with Crippen LogP contribution in [0.25, 0.3) is 0 Å². The Morgan fingerprint density at radius 2 is 1.65 bits per heavy atom. The first kappa shape index (κ1) is 20.0. The number of nitrogens with one attached hydrogen (secondary N) is 2. The van der Waals surface area contributed by atoms with Crippen LogP contribution in [0.5, 0.6) is 0 Å². The number of hydrogen-bond acceptors (Lipinski definition) is 4. The lowest BCUT2D eigenvalue weighted by Crippen LogP contribution is -2.44. The van der Waals surface area contributed by atoms with E-state index in [1.165, 1.54) is 0 Å². The Morgan fingerprint density at radius 3 is 2.17 bits per heavy atom. The van der Waals surface area contributed by atoms with Gasteiger partial charge in [0, 0.05) is 18.6 Å². The quantitative estimate of drug-likeness (QED) is 0.730. The highest BCUT2D eigenvalue weighted by Crippen LogP contribution is 2.19. The highest BCUT2D eigenvalue weighted by molar-refractivity contribution is 5.68.